The Morgan fingerprint density at radius 3 is 2.58 bits per heavy atom. The molecule has 0 saturated heterocycles. The van der Waals surface area contributed by atoms with Crippen LogP contribution < -0.4 is 5.32 Å². The summed E-state index contributed by atoms with van der Waals surface area (Å²) in [6, 6.07) is 3.20. The molecule has 2 N–H and O–H groups in total. The third-order valence-electron chi connectivity index (χ3n) is 2.32. The summed E-state index contributed by atoms with van der Waals surface area (Å²) in [5.74, 6) is -2.08. The molecule has 19 heavy (non-hydrogen) atoms. The molecule has 0 spiro atoms. The van der Waals surface area contributed by atoms with E-state index in [1.807, 2.05) is 0 Å². The lowest BCUT2D eigenvalue weighted by molar-refractivity contribution is -0.144. The number of anilines is 1. The number of halogens is 4. The van der Waals surface area contributed by atoms with E-state index in [1.165, 1.54) is 0 Å². The normalized spacial score (nSPS) is 11.8. The van der Waals surface area contributed by atoms with E-state index in [2.05, 4.69) is 15.3 Å². The topological polar surface area (TPSA) is 58.0 Å². The second-order valence-electron chi connectivity index (χ2n) is 3.71. The zero-order chi connectivity index (χ0) is 14.0. The minimum Gasteiger partial charge on any atom is -0.395 e. The molecule has 0 unspecified atom stereocenters. The van der Waals surface area contributed by atoms with Gasteiger partial charge in [-0.15, -0.1) is 0 Å². The summed E-state index contributed by atoms with van der Waals surface area (Å²) < 4.78 is 51.0. The average molecular weight is 275 g/mol. The Kier molecular flexibility index (Phi) is 3.52. The van der Waals surface area contributed by atoms with E-state index in [-0.39, 0.29) is 29.9 Å². The Morgan fingerprint density at radius 1 is 1.21 bits per heavy atom. The number of alkyl halides is 3. The molecule has 0 aliphatic rings. The number of nitrogens with zero attached hydrogens (tertiary/aromatic N) is 2. The molecule has 0 aliphatic carbocycles. The van der Waals surface area contributed by atoms with Crippen LogP contribution in [-0.2, 0) is 6.18 Å². The molecule has 102 valence electrons. The molecule has 0 atom stereocenters. The summed E-state index contributed by atoms with van der Waals surface area (Å²) in [6.07, 6.45) is -4.70. The standard InChI is InChI=1S/C11H9F4N3O/c12-6-1-2-8-7(5-6)9(16-3-4-19)18-10(17-8)11(13,14)15/h1-2,5,19H,3-4H2,(H,16,17,18). The van der Waals surface area contributed by atoms with Crippen molar-refractivity contribution in [3.8, 4) is 0 Å². The number of hydrogen-bond acceptors (Lipinski definition) is 4. The fourth-order valence-electron chi connectivity index (χ4n) is 1.54. The summed E-state index contributed by atoms with van der Waals surface area (Å²) in [4.78, 5) is 6.68. The van der Waals surface area contributed by atoms with Gasteiger partial charge in [0.05, 0.1) is 12.1 Å². The first-order chi connectivity index (χ1) is 8.91. The van der Waals surface area contributed by atoms with Crippen molar-refractivity contribution in [1.29, 1.82) is 0 Å². The van der Waals surface area contributed by atoms with Crippen LogP contribution in [0.4, 0.5) is 23.4 Å². The summed E-state index contributed by atoms with van der Waals surface area (Å²) in [5, 5.41) is 11.3. The molecule has 1 heterocycles. The van der Waals surface area contributed by atoms with E-state index in [1.54, 1.807) is 0 Å². The molecule has 1 aromatic carbocycles. The van der Waals surface area contributed by atoms with Gasteiger partial charge in [0.2, 0.25) is 5.82 Å². The maximum atomic E-state index is 13.1. The highest BCUT2D eigenvalue weighted by Gasteiger charge is 2.35. The van der Waals surface area contributed by atoms with Crippen LogP contribution in [0.3, 0.4) is 0 Å². The second kappa shape index (κ2) is 4.96. The first-order valence-electron chi connectivity index (χ1n) is 5.31. The molecule has 1 aromatic heterocycles. The molecular weight excluding hydrogens is 266 g/mol. The van der Waals surface area contributed by atoms with Crippen molar-refractivity contribution in [3.05, 3.63) is 29.8 Å². The van der Waals surface area contributed by atoms with Crippen molar-refractivity contribution in [3.63, 3.8) is 0 Å². The average Bonchev–Trinajstić information content (AvgIpc) is 2.34. The van der Waals surface area contributed by atoms with Gasteiger partial charge in [-0.25, -0.2) is 14.4 Å². The fraction of sp³-hybridized carbons (Fsp3) is 0.273. The number of benzene rings is 1. The lowest BCUT2D eigenvalue weighted by Crippen LogP contribution is -2.15. The van der Waals surface area contributed by atoms with Crippen molar-refractivity contribution in [2.75, 3.05) is 18.5 Å². The maximum Gasteiger partial charge on any atom is 0.451 e. The largest absolute Gasteiger partial charge is 0.451 e. The minimum absolute atomic E-state index is 0.0000756. The molecule has 2 aromatic rings. The van der Waals surface area contributed by atoms with Gasteiger partial charge in [0.25, 0.3) is 0 Å². The van der Waals surface area contributed by atoms with Crippen molar-refractivity contribution >= 4 is 16.7 Å². The molecule has 0 fully saturated rings. The van der Waals surface area contributed by atoms with Gasteiger partial charge >= 0.3 is 6.18 Å². The van der Waals surface area contributed by atoms with E-state index in [0.29, 0.717) is 0 Å². The number of hydrogen-bond donors (Lipinski definition) is 2. The molecule has 0 amide bonds. The highest BCUT2D eigenvalue weighted by Crippen LogP contribution is 2.30. The van der Waals surface area contributed by atoms with Crippen LogP contribution in [0.15, 0.2) is 18.2 Å². The number of rotatable bonds is 3. The SMILES string of the molecule is OCCNc1nc(C(F)(F)F)nc2ccc(F)cc12. The predicted molar refractivity (Wildman–Crippen MR) is 60.1 cm³/mol. The number of fused-ring (bicyclic) bond motifs is 1. The van der Waals surface area contributed by atoms with Crippen LogP contribution in [0.1, 0.15) is 5.82 Å². The zero-order valence-corrected chi connectivity index (χ0v) is 9.50. The third kappa shape index (κ3) is 2.90. The molecule has 0 radical (unpaired) electrons. The lowest BCUT2D eigenvalue weighted by Gasteiger charge is -2.11. The van der Waals surface area contributed by atoms with Crippen LogP contribution in [0.25, 0.3) is 10.9 Å². The van der Waals surface area contributed by atoms with Crippen LogP contribution >= 0.6 is 0 Å². The van der Waals surface area contributed by atoms with E-state index in [4.69, 9.17) is 5.11 Å². The third-order valence-corrected chi connectivity index (χ3v) is 2.32. The minimum atomic E-state index is -4.70. The quantitative estimate of drug-likeness (QED) is 0.843. The van der Waals surface area contributed by atoms with Gasteiger partial charge in [-0.2, -0.15) is 13.2 Å². The van der Waals surface area contributed by atoms with Gasteiger partial charge in [0.15, 0.2) is 0 Å². The Labute approximate surface area is 105 Å². The Morgan fingerprint density at radius 2 is 1.95 bits per heavy atom. The van der Waals surface area contributed by atoms with Crippen molar-refractivity contribution in [2.24, 2.45) is 0 Å². The van der Waals surface area contributed by atoms with Crippen molar-refractivity contribution in [1.82, 2.24) is 9.97 Å². The van der Waals surface area contributed by atoms with Gasteiger partial charge in [0.1, 0.15) is 11.6 Å². The van der Waals surface area contributed by atoms with Crippen LogP contribution in [0.5, 0.6) is 0 Å². The predicted octanol–water partition coefficient (Wildman–Crippen LogP) is 2.19. The first kappa shape index (κ1) is 13.5. The first-order valence-corrected chi connectivity index (χ1v) is 5.31. The number of aliphatic hydroxyl groups is 1. The molecule has 0 bridgehead atoms. The Balaban J connectivity index is 2.62. The van der Waals surface area contributed by atoms with E-state index in [9.17, 15) is 17.6 Å². The molecule has 0 saturated carbocycles. The smallest absolute Gasteiger partial charge is 0.395 e. The van der Waals surface area contributed by atoms with Crippen molar-refractivity contribution in [2.45, 2.75) is 6.18 Å². The summed E-state index contributed by atoms with van der Waals surface area (Å²) in [5.41, 5.74) is -0.0239. The maximum absolute atomic E-state index is 13.1. The highest BCUT2D eigenvalue weighted by atomic mass is 19.4. The van der Waals surface area contributed by atoms with E-state index in [0.717, 1.165) is 18.2 Å². The van der Waals surface area contributed by atoms with Crippen LogP contribution in [-0.4, -0.2) is 28.2 Å². The molecular formula is C11H9F4N3O. The van der Waals surface area contributed by atoms with Gasteiger partial charge in [-0.1, -0.05) is 0 Å². The number of aliphatic hydroxyl groups excluding tert-OH is 1. The number of aromatic nitrogens is 2. The lowest BCUT2D eigenvalue weighted by atomic mass is 10.2. The molecule has 0 aliphatic heterocycles. The van der Waals surface area contributed by atoms with Gasteiger partial charge in [0, 0.05) is 11.9 Å². The molecule has 8 heteroatoms. The fourth-order valence-corrected chi connectivity index (χ4v) is 1.54. The molecule has 2 rings (SSSR count). The van der Waals surface area contributed by atoms with Gasteiger partial charge in [-0.3, -0.25) is 0 Å². The van der Waals surface area contributed by atoms with Crippen LogP contribution in [0, 0.1) is 5.82 Å². The summed E-state index contributed by atoms with van der Waals surface area (Å²) >= 11 is 0. The summed E-state index contributed by atoms with van der Waals surface area (Å²) in [7, 11) is 0. The Hall–Kier alpha value is -1.96. The monoisotopic (exact) mass is 275 g/mol. The van der Waals surface area contributed by atoms with Gasteiger partial charge < -0.3 is 10.4 Å². The van der Waals surface area contributed by atoms with Crippen molar-refractivity contribution < 1.29 is 22.7 Å². The highest BCUT2D eigenvalue weighted by molar-refractivity contribution is 5.89. The number of nitrogens with one attached hydrogen (secondary N) is 1. The second-order valence-corrected chi connectivity index (χ2v) is 3.71. The zero-order valence-electron chi connectivity index (χ0n) is 9.50. The van der Waals surface area contributed by atoms with Gasteiger partial charge in [-0.05, 0) is 18.2 Å². The summed E-state index contributed by atoms with van der Waals surface area (Å²) in [6.45, 7) is -0.290. The Bertz CT molecular complexity index is 600. The van der Waals surface area contributed by atoms with E-state index >= 15 is 0 Å². The van der Waals surface area contributed by atoms with Crippen LogP contribution in [0.2, 0.25) is 0 Å². The van der Waals surface area contributed by atoms with E-state index < -0.39 is 17.8 Å². The molecule has 4 nitrogen and oxygen atoms in total.